The predicted molar refractivity (Wildman–Crippen MR) is 221 cm³/mol. The Morgan fingerprint density at radius 1 is 0.662 bits per heavy atom. The highest BCUT2D eigenvalue weighted by Gasteiger charge is 2.59. The lowest BCUT2D eigenvalue weighted by atomic mass is 9.88. The van der Waals surface area contributed by atoms with Gasteiger partial charge in [-0.05, 0) is 0 Å². The first-order valence-electron chi connectivity index (χ1n) is 22.9. The van der Waals surface area contributed by atoms with Crippen LogP contribution in [0, 0.1) is 0 Å². The van der Waals surface area contributed by atoms with Gasteiger partial charge in [0.05, 0.1) is 76.2 Å². The lowest BCUT2D eigenvalue weighted by Gasteiger charge is -2.52. The second-order valence-electron chi connectivity index (χ2n) is 18.4. The molecule has 0 aromatic carbocycles. The zero-order valence-electron chi connectivity index (χ0n) is 39.1. The Kier molecular flexibility index (Phi) is 18.0. The normalized spacial score (nSPS) is 39.5. The molecule has 74 heavy (non-hydrogen) atoms. The van der Waals surface area contributed by atoms with Crippen LogP contribution in [0.5, 0.6) is 0 Å². The van der Waals surface area contributed by atoms with Crippen LogP contribution in [0.15, 0.2) is 12.4 Å². The lowest BCUT2D eigenvalue weighted by Crippen LogP contribution is -2.72. The molecule has 34 nitrogen and oxygen atoms in total. The molecule has 2 aromatic heterocycles. The van der Waals surface area contributed by atoms with Crippen molar-refractivity contribution in [3.8, 4) is 0 Å². The van der Waals surface area contributed by atoms with Gasteiger partial charge in [0.25, 0.3) is 0 Å². The number of fused-ring (bicyclic) bond motifs is 8. The Hall–Kier alpha value is -4.64. The molecular formula is C40H58N8O26-2. The number of nitrogens with zero attached hydrogens (tertiary/aromatic N) is 6. The average Bonchev–Trinajstić information content (AvgIpc) is 4.01. The maximum atomic E-state index is 13.0. The number of aliphatic hydroxyl groups excluding tert-OH is 12. The van der Waals surface area contributed by atoms with Crippen molar-refractivity contribution in [1.29, 1.82) is 0 Å². The molecule has 7 rings (SSSR count). The zero-order chi connectivity index (χ0) is 54.1. The van der Waals surface area contributed by atoms with Gasteiger partial charge >= 0.3 is 0 Å². The first kappa shape index (κ1) is 57.1. The SMILES string of the molecule is CC(=O)N[C@H]1[C@H]([C@H](O)[C@H](O)CO)O[C@@](O[C@H]2[C@@H](O)[C@H]3Cn4cc(nn4)CO[C@@H]4O[C@H](Cn5cc(nn5)CO[C@H](O3)[C@@H]2O)[C@H](O)[C@H](O[C@]2(C(=O)[O-])C[C@H](O)[C@@H](NC(C)=O)[C@H]([C@H](O)[C@H](O)CO)O2)[C@H]4O)(C(=O)[O-])C[C@@H]1O. The molecule has 0 spiro atoms. The summed E-state index contributed by atoms with van der Waals surface area (Å²) in [6, 6.07) is -3.22. The molecule has 4 fully saturated rings. The Labute approximate surface area is 416 Å². The second kappa shape index (κ2) is 23.3. The first-order valence-corrected chi connectivity index (χ1v) is 22.9. The summed E-state index contributed by atoms with van der Waals surface area (Å²) < 4.78 is 48.6. The van der Waals surface area contributed by atoms with Crippen molar-refractivity contribution in [2.24, 2.45) is 0 Å². The minimum Gasteiger partial charge on any atom is -0.544 e. The number of carbonyl (C=O) groups excluding carboxylic acids is 4. The highest BCUT2D eigenvalue weighted by molar-refractivity contribution is 5.76. The topological polar surface area (TPSA) is 516 Å². The number of aromatic nitrogens is 6. The number of ether oxygens (including phenoxy) is 8. The first-order chi connectivity index (χ1) is 34.9. The number of hydrogen-bond donors (Lipinski definition) is 14. The summed E-state index contributed by atoms with van der Waals surface area (Å²) in [5, 5.41) is 177. The van der Waals surface area contributed by atoms with Gasteiger partial charge in [-0.3, -0.25) is 9.59 Å². The van der Waals surface area contributed by atoms with Gasteiger partial charge in [0, 0.05) is 26.7 Å². The number of amides is 2. The van der Waals surface area contributed by atoms with Gasteiger partial charge < -0.3 is 130 Å². The maximum Gasteiger partial charge on any atom is 0.217 e. The third-order valence-corrected chi connectivity index (χ3v) is 13.0. The molecule has 4 saturated heterocycles. The van der Waals surface area contributed by atoms with Crippen LogP contribution < -0.4 is 20.8 Å². The van der Waals surface area contributed by atoms with Crippen LogP contribution >= 0.6 is 0 Å². The van der Waals surface area contributed by atoms with E-state index in [1.165, 1.54) is 12.4 Å². The standard InChI is InChI=1S/C40H60N8O26/c1-13(51)41-23-17(53)3-39(37(63)64,71-31(23)25(57)19(55)9-49)73-33-27(59)21-7-47-5-16(44-45-47)12-68-36-30(62)34(28(60)22(70-36)8-48-6-15(43-46-48)11-67-35(69-21)29(33)61)74-40(38(65)66)4-18(54)24(42-14(2)52)32(72-40)26(58)20(56)10-50/h5-6,17-36,49-50,53-62H,3-4,7-12H2,1-2H3,(H,41,51)(H,42,52)(H,63,64)(H,65,66)/p-2/t17-,18-,19+,20+,21+,22+,23+,24+,25+,26+,27-,28-,29+,30+,31+,32+,33-,34-,35+,36+,39-,40-/m0/s1. The van der Waals surface area contributed by atoms with E-state index in [4.69, 9.17) is 37.9 Å². The summed E-state index contributed by atoms with van der Waals surface area (Å²) in [4.78, 5) is 50.0. The monoisotopic (exact) mass is 1070 g/mol. The Morgan fingerprint density at radius 2 is 1.03 bits per heavy atom. The van der Waals surface area contributed by atoms with Gasteiger partial charge in [0.1, 0.15) is 109 Å². The molecule has 5 aliphatic heterocycles. The molecule has 14 N–H and O–H groups in total. The number of aliphatic carboxylic acids is 2. The number of rotatable bonds is 14. The summed E-state index contributed by atoms with van der Waals surface area (Å²) >= 11 is 0. The predicted octanol–water partition coefficient (Wildman–Crippen LogP) is -13.1. The molecule has 2 amide bonds. The van der Waals surface area contributed by atoms with Crippen molar-refractivity contribution in [2.45, 2.75) is 187 Å². The molecule has 416 valence electrons. The van der Waals surface area contributed by atoms with Crippen molar-refractivity contribution in [3.05, 3.63) is 23.8 Å². The maximum absolute atomic E-state index is 13.0. The smallest absolute Gasteiger partial charge is 0.217 e. The molecule has 2 aromatic rings. The van der Waals surface area contributed by atoms with E-state index in [1.54, 1.807) is 0 Å². The van der Waals surface area contributed by atoms with Crippen LogP contribution in [0.1, 0.15) is 38.1 Å². The zero-order valence-corrected chi connectivity index (χ0v) is 39.1. The van der Waals surface area contributed by atoms with Crippen LogP contribution in [0.25, 0.3) is 0 Å². The highest BCUT2D eigenvalue weighted by Crippen LogP contribution is 2.40. The van der Waals surface area contributed by atoms with Crippen molar-refractivity contribution >= 4 is 23.8 Å². The molecular weight excluding hydrogens is 1010 g/mol. The van der Waals surface area contributed by atoms with Gasteiger partial charge in [-0.25, -0.2) is 9.36 Å². The molecule has 7 heterocycles. The number of carbonyl (C=O) groups is 4. The summed E-state index contributed by atoms with van der Waals surface area (Å²) in [6.45, 7) is -2.30. The number of hydrogen-bond acceptors (Lipinski definition) is 30. The fraction of sp³-hybridized carbons (Fsp3) is 0.800. The van der Waals surface area contributed by atoms with Crippen LogP contribution in [-0.4, -0.2) is 262 Å². The van der Waals surface area contributed by atoms with Gasteiger partial charge in [0.2, 0.25) is 23.4 Å². The minimum absolute atomic E-state index is 0.0361. The Balaban J connectivity index is 1.16. The van der Waals surface area contributed by atoms with Gasteiger partial charge in [-0.2, -0.15) is 0 Å². The summed E-state index contributed by atoms with van der Waals surface area (Å²) in [5.41, 5.74) is -0.0722. The molecule has 0 saturated carbocycles. The Bertz CT molecular complexity index is 2110. The Morgan fingerprint density at radius 3 is 1.35 bits per heavy atom. The van der Waals surface area contributed by atoms with Crippen LogP contribution in [0.2, 0.25) is 0 Å². The number of nitrogens with one attached hydrogen (secondary N) is 2. The highest BCUT2D eigenvalue weighted by atomic mass is 16.8. The largest absolute Gasteiger partial charge is 0.544 e. The van der Waals surface area contributed by atoms with Crippen LogP contribution in [0.4, 0.5) is 0 Å². The molecule has 22 atom stereocenters. The van der Waals surface area contributed by atoms with Gasteiger partial charge in [-0.15, -0.1) is 10.2 Å². The third kappa shape index (κ3) is 12.0. The van der Waals surface area contributed by atoms with E-state index in [0.717, 1.165) is 23.2 Å². The summed E-state index contributed by atoms with van der Waals surface area (Å²) in [5.74, 6) is -12.3. The summed E-state index contributed by atoms with van der Waals surface area (Å²) in [7, 11) is 0. The van der Waals surface area contributed by atoms with E-state index < -0.39 is 210 Å². The fourth-order valence-corrected chi connectivity index (χ4v) is 9.27. The number of aliphatic hydroxyl groups is 12. The molecule has 0 unspecified atom stereocenters. The van der Waals surface area contributed by atoms with E-state index in [-0.39, 0.29) is 11.4 Å². The lowest BCUT2D eigenvalue weighted by molar-refractivity contribution is -0.407. The summed E-state index contributed by atoms with van der Waals surface area (Å²) in [6.07, 6.45) is -35.4. The van der Waals surface area contributed by atoms with Crippen molar-refractivity contribution in [2.75, 3.05) is 13.2 Å². The molecule has 0 radical (unpaired) electrons. The van der Waals surface area contributed by atoms with Gasteiger partial charge in [-0.1, -0.05) is 10.4 Å². The molecule has 8 bridgehead atoms. The van der Waals surface area contributed by atoms with Gasteiger partial charge in [0.15, 0.2) is 12.6 Å². The van der Waals surface area contributed by atoms with Crippen molar-refractivity contribution < 1.29 is 129 Å². The van der Waals surface area contributed by atoms with E-state index >= 15 is 0 Å². The second-order valence-corrected chi connectivity index (χ2v) is 18.4. The average molecular weight is 1070 g/mol. The van der Waals surface area contributed by atoms with E-state index in [0.29, 0.717) is 0 Å². The number of carboxylic acid groups (broad SMARTS) is 2. The van der Waals surface area contributed by atoms with E-state index in [2.05, 4.69) is 31.3 Å². The van der Waals surface area contributed by atoms with E-state index in [1.807, 2.05) is 0 Å². The molecule has 5 aliphatic rings. The fourth-order valence-electron chi connectivity index (χ4n) is 9.27. The number of carboxylic acids is 2. The minimum atomic E-state index is -3.16. The molecule has 0 aliphatic carbocycles. The van der Waals surface area contributed by atoms with Crippen LogP contribution in [-0.2, 0) is 83.4 Å². The van der Waals surface area contributed by atoms with Crippen molar-refractivity contribution in [1.82, 2.24) is 40.6 Å². The molecule has 34 heteroatoms. The third-order valence-electron chi connectivity index (χ3n) is 13.0. The quantitative estimate of drug-likeness (QED) is 0.0835. The van der Waals surface area contributed by atoms with Crippen LogP contribution in [0.3, 0.4) is 0 Å². The van der Waals surface area contributed by atoms with E-state index in [9.17, 15) is 90.7 Å². The van der Waals surface area contributed by atoms with Crippen molar-refractivity contribution in [3.63, 3.8) is 0 Å².